The molecule has 0 aliphatic heterocycles. The fourth-order valence-electron chi connectivity index (χ4n) is 2.46. The third kappa shape index (κ3) is 5.49. The van der Waals surface area contributed by atoms with E-state index in [1.54, 1.807) is 19.2 Å². The number of hydrogen-bond acceptors (Lipinski definition) is 5. The van der Waals surface area contributed by atoms with Gasteiger partial charge in [-0.05, 0) is 49.2 Å². The molecular formula is C20H24N2O3. The van der Waals surface area contributed by atoms with E-state index in [0.717, 1.165) is 16.9 Å². The molecule has 0 aromatic heterocycles. The van der Waals surface area contributed by atoms with Gasteiger partial charge in [-0.3, -0.25) is 0 Å². The van der Waals surface area contributed by atoms with Crippen molar-refractivity contribution in [1.82, 2.24) is 5.32 Å². The largest absolute Gasteiger partial charge is 0.495 e. The van der Waals surface area contributed by atoms with Gasteiger partial charge in [0.2, 0.25) is 0 Å². The van der Waals surface area contributed by atoms with Crippen LogP contribution in [0.1, 0.15) is 36.6 Å². The van der Waals surface area contributed by atoms with Crippen LogP contribution in [-0.4, -0.2) is 24.9 Å². The highest BCUT2D eigenvalue weighted by molar-refractivity contribution is 5.45. The number of aliphatic hydroxyl groups excluding tert-OH is 1. The summed E-state index contributed by atoms with van der Waals surface area (Å²) in [4.78, 5) is 0. The average Bonchev–Trinajstić information content (AvgIpc) is 2.61. The van der Waals surface area contributed by atoms with Crippen molar-refractivity contribution >= 4 is 0 Å². The molecule has 5 nitrogen and oxygen atoms in total. The molecule has 0 radical (unpaired) electrons. The average molecular weight is 340 g/mol. The topological polar surface area (TPSA) is 74.5 Å². The van der Waals surface area contributed by atoms with E-state index < -0.39 is 6.10 Å². The minimum atomic E-state index is -0.609. The molecule has 0 aliphatic rings. The maximum absolute atomic E-state index is 10.3. The van der Waals surface area contributed by atoms with Gasteiger partial charge in [0, 0.05) is 13.1 Å². The molecule has 2 aromatic carbocycles. The first-order chi connectivity index (χ1) is 12.0. The van der Waals surface area contributed by atoms with Crippen LogP contribution in [0.25, 0.3) is 0 Å². The lowest BCUT2D eigenvalue weighted by Gasteiger charge is -2.14. The summed E-state index contributed by atoms with van der Waals surface area (Å²) in [7, 11) is 1.54. The number of benzene rings is 2. The van der Waals surface area contributed by atoms with E-state index in [-0.39, 0.29) is 6.10 Å². The summed E-state index contributed by atoms with van der Waals surface area (Å²) < 4.78 is 10.7. The predicted molar refractivity (Wildman–Crippen MR) is 96.6 cm³/mol. The smallest absolute Gasteiger partial charge is 0.136 e. The zero-order chi connectivity index (χ0) is 18.2. The van der Waals surface area contributed by atoms with Gasteiger partial charge in [0.25, 0.3) is 0 Å². The maximum atomic E-state index is 10.3. The molecule has 25 heavy (non-hydrogen) atoms. The second-order valence-corrected chi connectivity index (χ2v) is 6.03. The van der Waals surface area contributed by atoms with Crippen LogP contribution in [0.15, 0.2) is 42.5 Å². The van der Waals surface area contributed by atoms with E-state index in [0.29, 0.717) is 24.4 Å². The fraction of sp³-hybridized carbons (Fsp3) is 0.350. The zero-order valence-electron chi connectivity index (χ0n) is 14.8. The van der Waals surface area contributed by atoms with Crippen molar-refractivity contribution in [2.24, 2.45) is 0 Å². The lowest BCUT2D eigenvalue weighted by molar-refractivity contribution is 0.174. The van der Waals surface area contributed by atoms with Gasteiger partial charge in [-0.2, -0.15) is 5.26 Å². The molecule has 2 N–H and O–H groups in total. The van der Waals surface area contributed by atoms with Gasteiger partial charge in [0.15, 0.2) is 0 Å². The minimum Gasteiger partial charge on any atom is -0.495 e. The van der Waals surface area contributed by atoms with Crippen LogP contribution in [0.5, 0.6) is 11.5 Å². The van der Waals surface area contributed by atoms with Crippen molar-refractivity contribution in [2.45, 2.75) is 32.6 Å². The summed E-state index contributed by atoms with van der Waals surface area (Å²) in [5.74, 6) is 1.36. The van der Waals surface area contributed by atoms with Crippen LogP contribution in [0, 0.1) is 11.3 Å². The lowest BCUT2D eigenvalue weighted by Crippen LogP contribution is -2.21. The Morgan fingerprint density at radius 2 is 1.88 bits per heavy atom. The van der Waals surface area contributed by atoms with Gasteiger partial charge in [-0.15, -0.1) is 0 Å². The molecule has 132 valence electrons. The van der Waals surface area contributed by atoms with E-state index in [9.17, 15) is 5.11 Å². The molecule has 2 aromatic rings. The Balaban J connectivity index is 1.88. The summed E-state index contributed by atoms with van der Waals surface area (Å²) in [6, 6.07) is 15.0. The third-order valence-electron chi connectivity index (χ3n) is 3.69. The van der Waals surface area contributed by atoms with Crippen LogP contribution < -0.4 is 14.8 Å². The van der Waals surface area contributed by atoms with Gasteiger partial charge >= 0.3 is 0 Å². The highest BCUT2D eigenvalue weighted by Gasteiger charge is 2.09. The van der Waals surface area contributed by atoms with Crippen LogP contribution in [0.2, 0.25) is 0 Å². The molecule has 0 spiro atoms. The van der Waals surface area contributed by atoms with E-state index in [4.69, 9.17) is 14.7 Å². The Kier molecular flexibility index (Phi) is 6.81. The van der Waals surface area contributed by atoms with Crippen LogP contribution in [-0.2, 0) is 6.54 Å². The Labute approximate surface area is 148 Å². The van der Waals surface area contributed by atoms with Crippen molar-refractivity contribution in [1.29, 1.82) is 5.26 Å². The van der Waals surface area contributed by atoms with Crippen LogP contribution >= 0.6 is 0 Å². The van der Waals surface area contributed by atoms with Crippen molar-refractivity contribution in [3.05, 3.63) is 59.2 Å². The van der Waals surface area contributed by atoms with Gasteiger partial charge in [-0.25, -0.2) is 0 Å². The lowest BCUT2D eigenvalue weighted by atomic mass is 10.1. The quantitative estimate of drug-likeness (QED) is 0.772. The molecule has 0 aliphatic carbocycles. The Morgan fingerprint density at radius 1 is 1.16 bits per heavy atom. The van der Waals surface area contributed by atoms with Crippen molar-refractivity contribution < 1.29 is 14.6 Å². The number of nitrogens with zero attached hydrogens (tertiary/aromatic N) is 1. The van der Waals surface area contributed by atoms with Crippen LogP contribution in [0.4, 0.5) is 0 Å². The predicted octanol–water partition coefficient (Wildman–Crippen LogP) is 3.18. The Hall–Kier alpha value is -2.55. The molecule has 0 saturated carbocycles. The summed E-state index contributed by atoms with van der Waals surface area (Å²) >= 11 is 0. The molecule has 5 heteroatoms. The Morgan fingerprint density at radius 3 is 2.48 bits per heavy atom. The fourth-order valence-corrected chi connectivity index (χ4v) is 2.46. The molecule has 0 bridgehead atoms. The molecule has 0 heterocycles. The van der Waals surface area contributed by atoms with Crippen molar-refractivity contribution in [2.75, 3.05) is 13.7 Å². The number of nitrogens with one attached hydrogen (secondary N) is 1. The van der Waals surface area contributed by atoms with Gasteiger partial charge in [-0.1, -0.05) is 18.2 Å². The molecule has 1 unspecified atom stereocenters. The van der Waals surface area contributed by atoms with Gasteiger partial charge in [0.1, 0.15) is 17.6 Å². The summed E-state index contributed by atoms with van der Waals surface area (Å²) in [6.07, 6.45) is -0.484. The van der Waals surface area contributed by atoms with E-state index in [2.05, 4.69) is 11.4 Å². The molecule has 0 fully saturated rings. The van der Waals surface area contributed by atoms with Crippen LogP contribution in [0.3, 0.4) is 0 Å². The molecule has 0 saturated heterocycles. The number of hydrogen-bond donors (Lipinski definition) is 2. The maximum Gasteiger partial charge on any atom is 0.136 e. The van der Waals surface area contributed by atoms with E-state index in [1.807, 2.05) is 44.2 Å². The first-order valence-corrected chi connectivity index (χ1v) is 8.26. The summed E-state index contributed by atoms with van der Waals surface area (Å²) in [6.45, 7) is 4.93. The highest BCUT2D eigenvalue weighted by Crippen LogP contribution is 2.20. The number of ether oxygens (including phenoxy) is 2. The Bertz CT molecular complexity index is 721. The zero-order valence-corrected chi connectivity index (χ0v) is 14.8. The van der Waals surface area contributed by atoms with Gasteiger partial charge < -0.3 is 19.9 Å². The highest BCUT2D eigenvalue weighted by atomic mass is 16.5. The normalized spacial score (nSPS) is 11.8. The van der Waals surface area contributed by atoms with Crippen molar-refractivity contribution in [3.63, 3.8) is 0 Å². The molecule has 0 amide bonds. The molecular weight excluding hydrogens is 316 g/mol. The number of rotatable bonds is 8. The third-order valence-corrected chi connectivity index (χ3v) is 3.69. The van der Waals surface area contributed by atoms with E-state index in [1.165, 1.54) is 0 Å². The number of methoxy groups -OCH3 is 1. The first kappa shape index (κ1) is 18.8. The summed E-state index contributed by atoms with van der Waals surface area (Å²) in [5, 5.41) is 22.6. The summed E-state index contributed by atoms with van der Waals surface area (Å²) in [5.41, 5.74) is 2.30. The van der Waals surface area contributed by atoms with E-state index >= 15 is 0 Å². The first-order valence-electron chi connectivity index (χ1n) is 8.26. The van der Waals surface area contributed by atoms with Crippen molar-refractivity contribution in [3.8, 4) is 17.6 Å². The van der Waals surface area contributed by atoms with Gasteiger partial charge in [0.05, 0.1) is 24.9 Å². The monoisotopic (exact) mass is 340 g/mol. The standard InChI is InChI=1S/C20H24N2O3/c1-14(2)25-18-7-5-16(6-8-18)19(23)13-22-12-15-4-9-20(24-3)17(10-15)11-21/h4-10,14,19,22-23H,12-13H2,1-3H3. The minimum absolute atomic E-state index is 0.125. The molecule has 1 atom stereocenters. The molecule has 2 rings (SSSR count). The number of aliphatic hydroxyl groups is 1. The second-order valence-electron chi connectivity index (χ2n) is 6.03. The SMILES string of the molecule is COc1ccc(CNCC(O)c2ccc(OC(C)C)cc2)cc1C#N. The number of nitriles is 1. The second kappa shape index (κ2) is 9.07.